The second-order valence-corrected chi connectivity index (χ2v) is 6.11. The second kappa shape index (κ2) is 4.69. The largest absolute Gasteiger partial charge is 0.459 e. The Bertz CT molecular complexity index is 907. The first-order chi connectivity index (χ1) is 10.2. The van der Waals surface area contributed by atoms with Gasteiger partial charge in [-0.2, -0.15) is 0 Å². The summed E-state index contributed by atoms with van der Waals surface area (Å²) in [6.45, 7) is 0. The zero-order valence-corrected chi connectivity index (χ0v) is 11.9. The van der Waals surface area contributed by atoms with Gasteiger partial charge in [0.05, 0.1) is 6.04 Å². The molecule has 0 aliphatic carbocycles. The molecule has 0 spiro atoms. The van der Waals surface area contributed by atoms with Gasteiger partial charge in [0.15, 0.2) is 0 Å². The summed E-state index contributed by atoms with van der Waals surface area (Å²) < 4.78 is 20.2. The summed E-state index contributed by atoms with van der Waals surface area (Å²) in [4.78, 5) is 1.04. The number of nitrogens with two attached hydrogens (primary N) is 1. The van der Waals surface area contributed by atoms with Gasteiger partial charge in [0, 0.05) is 15.0 Å². The predicted octanol–water partition coefficient (Wildman–Crippen LogP) is 4.83. The van der Waals surface area contributed by atoms with E-state index in [1.165, 1.54) is 22.2 Å². The lowest BCUT2D eigenvalue weighted by Crippen LogP contribution is -2.08. The van der Waals surface area contributed by atoms with Crippen molar-refractivity contribution in [1.29, 1.82) is 0 Å². The number of halogens is 1. The van der Waals surface area contributed by atoms with E-state index in [0.717, 1.165) is 10.3 Å². The topological polar surface area (TPSA) is 39.2 Å². The Morgan fingerprint density at radius 3 is 2.71 bits per heavy atom. The Balaban J connectivity index is 1.79. The fraction of sp³-hybridized carbons (Fsp3) is 0.0588. The molecule has 0 saturated carbocycles. The maximum Gasteiger partial charge on any atom is 0.134 e. The molecule has 0 saturated heterocycles. The third-order valence-corrected chi connectivity index (χ3v) is 4.75. The Morgan fingerprint density at radius 1 is 1.00 bits per heavy atom. The van der Waals surface area contributed by atoms with Crippen LogP contribution in [0.2, 0.25) is 0 Å². The van der Waals surface area contributed by atoms with Gasteiger partial charge in [-0.3, -0.25) is 0 Å². The molecule has 0 bridgehead atoms. The lowest BCUT2D eigenvalue weighted by molar-refractivity contribution is 0.527. The molecule has 104 valence electrons. The summed E-state index contributed by atoms with van der Waals surface area (Å²) in [6.07, 6.45) is 0. The minimum atomic E-state index is -0.335. The van der Waals surface area contributed by atoms with Gasteiger partial charge in [0.2, 0.25) is 0 Å². The lowest BCUT2D eigenvalue weighted by atomic mass is 10.1. The molecule has 1 unspecified atom stereocenters. The van der Waals surface area contributed by atoms with Crippen molar-refractivity contribution in [2.75, 3.05) is 0 Å². The molecule has 0 amide bonds. The van der Waals surface area contributed by atoms with E-state index in [1.807, 2.05) is 18.2 Å². The predicted molar refractivity (Wildman–Crippen MR) is 84.0 cm³/mol. The van der Waals surface area contributed by atoms with Crippen molar-refractivity contribution in [2.45, 2.75) is 6.04 Å². The van der Waals surface area contributed by atoms with Crippen LogP contribution in [0.3, 0.4) is 0 Å². The standard InChI is InChI=1S/C17H12FNOS/c18-12-5-6-13-11(7-12)8-14(20-13)17(19)16-9-10-3-1-2-4-15(10)21-16/h1-9,17H,19H2. The molecule has 0 aliphatic rings. The van der Waals surface area contributed by atoms with Gasteiger partial charge < -0.3 is 10.2 Å². The molecule has 2 heterocycles. The van der Waals surface area contributed by atoms with Gasteiger partial charge in [-0.25, -0.2) is 4.39 Å². The number of fused-ring (bicyclic) bond motifs is 2. The first-order valence-electron chi connectivity index (χ1n) is 6.64. The molecule has 2 N–H and O–H groups in total. The van der Waals surface area contributed by atoms with Crippen LogP contribution in [0.1, 0.15) is 16.7 Å². The molecule has 4 heteroatoms. The van der Waals surface area contributed by atoms with Crippen LogP contribution in [0, 0.1) is 5.82 Å². The van der Waals surface area contributed by atoms with Crippen LogP contribution in [0.15, 0.2) is 59.0 Å². The maximum atomic E-state index is 13.2. The van der Waals surface area contributed by atoms with Crippen molar-refractivity contribution < 1.29 is 8.81 Å². The smallest absolute Gasteiger partial charge is 0.134 e. The van der Waals surface area contributed by atoms with Crippen LogP contribution < -0.4 is 5.73 Å². The van der Waals surface area contributed by atoms with Gasteiger partial charge in [0.1, 0.15) is 17.2 Å². The average Bonchev–Trinajstić information content (AvgIpc) is 3.09. The molecule has 2 aromatic heterocycles. The van der Waals surface area contributed by atoms with Crippen LogP contribution in [0.4, 0.5) is 4.39 Å². The summed E-state index contributed by atoms with van der Waals surface area (Å²) in [5.74, 6) is 0.382. The van der Waals surface area contributed by atoms with Crippen molar-refractivity contribution in [3.05, 3.63) is 71.1 Å². The number of hydrogen-bond acceptors (Lipinski definition) is 3. The SMILES string of the molecule is NC(c1cc2cc(F)ccc2o1)c1cc2ccccc2s1. The Hall–Kier alpha value is -2.17. The highest BCUT2D eigenvalue weighted by Crippen LogP contribution is 2.34. The Kier molecular flexibility index (Phi) is 2.80. The minimum Gasteiger partial charge on any atom is -0.459 e. The fourth-order valence-electron chi connectivity index (χ4n) is 2.48. The molecule has 2 aromatic carbocycles. The molecule has 1 atom stereocenters. The van der Waals surface area contributed by atoms with Gasteiger partial charge in [-0.1, -0.05) is 18.2 Å². The molecule has 0 radical (unpaired) electrons. The monoisotopic (exact) mass is 297 g/mol. The highest BCUT2D eigenvalue weighted by atomic mass is 32.1. The van der Waals surface area contributed by atoms with Gasteiger partial charge in [-0.05, 0) is 41.8 Å². The Labute approximate surface area is 124 Å². The van der Waals surface area contributed by atoms with Gasteiger partial charge >= 0.3 is 0 Å². The number of thiophene rings is 1. The van der Waals surface area contributed by atoms with Crippen molar-refractivity contribution in [3.63, 3.8) is 0 Å². The molecule has 0 fully saturated rings. The summed E-state index contributed by atoms with van der Waals surface area (Å²) >= 11 is 1.65. The minimum absolute atomic E-state index is 0.273. The van der Waals surface area contributed by atoms with E-state index in [9.17, 15) is 4.39 Å². The third-order valence-electron chi connectivity index (χ3n) is 3.56. The summed E-state index contributed by atoms with van der Waals surface area (Å²) in [6, 6.07) is 16.2. The normalized spacial score (nSPS) is 13.0. The number of rotatable bonds is 2. The Morgan fingerprint density at radius 2 is 1.86 bits per heavy atom. The van der Waals surface area contributed by atoms with E-state index in [0.29, 0.717) is 11.3 Å². The zero-order valence-electron chi connectivity index (χ0n) is 11.0. The van der Waals surface area contributed by atoms with Crippen molar-refractivity contribution in [2.24, 2.45) is 5.73 Å². The molecule has 2 nitrogen and oxygen atoms in total. The van der Waals surface area contributed by atoms with Crippen molar-refractivity contribution in [3.8, 4) is 0 Å². The molecule has 0 aliphatic heterocycles. The van der Waals surface area contributed by atoms with Crippen LogP contribution >= 0.6 is 11.3 Å². The third kappa shape index (κ3) is 2.13. The second-order valence-electron chi connectivity index (χ2n) is 5.00. The van der Waals surface area contributed by atoms with E-state index in [-0.39, 0.29) is 11.9 Å². The lowest BCUT2D eigenvalue weighted by Gasteiger charge is -2.04. The highest BCUT2D eigenvalue weighted by molar-refractivity contribution is 7.19. The molecular formula is C17H12FNOS. The summed E-state index contributed by atoms with van der Waals surface area (Å²) in [5, 5.41) is 1.91. The van der Waals surface area contributed by atoms with E-state index in [4.69, 9.17) is 10.2 Å². The van der Waals surface area contributed by atoms with Gasteiger partial charge in [0.25, 0.3) is 0 Å². The maximum absolute atomic E-state index is 13.2. The number of benzene rings is 2. The number of furan rings is 1. The fourth-order valence-corrected chi connectivity index (χ4v) is 3.56. The average molecular weight is 297 g/mol. The first-order valence-corrected chi connectivity index (χ1v) is 7.45. The van der Waals surface area contributed by atoms with E-state index >= 15 is 0 Å². The zero-order chi connectivity index (χ0) is 14.4. The van der Waals surface area contributed by atoms with E-state index < -0.39 is 0 Å². The summed E-state index contributed by atoms with van der Waals surface area (Å²) in [5.41, 5.74) is 6.96. The number of hydrogen-bond donors (Lipinski definition) is 1. The first kappa shape index (κ1) is 12.6. The van der Waals surface area contributed by atoms with Crippen LogP contribution in [0.25, 0.3) is 21.1 Å². The molecule has 4 aromatic rings. The molecule has 4 rings (SSSR count). The highest BCUT2D eigenvalue weighted by Gasteiger charge is 2.17. The molecule has 21 heavy (non-hydrogen) atoms. The van der Waals surface area contributed by atoms with Crippen molar-refractivity contribution in [1.82, 2.24) is 0 Å². The van der Waals surface area contributed by atoms with E-state index in [1.54, 1.807) is 17.4 Å². The van der Waals surface area contributed by atoms with Crippen LogP contribution in [0.5, 0.6) is 0 Å². The van der Waals surface area contributed by atoms with Crippen LogP contribution in [-0.4, -0.2) is 0 Å². The van der Waals surface area contributed by atoms with Crippen LogP contribution in [-0.2, 0) is 0 Å². The van der Waals surface area contributed by atoms with Gasteiger partial charge in [-0.15, -0.1) is 11.3 Å². The van der Waals surface area contributed by atoms with E-state index in [2.05, 4.69) is 18.2 Å². The van der Waals surface area contributed by atoms with Crippen molar-refractivity contribution >= 4 is 32.4 Å². The molecular weight excluding hydrogens is 285 g/mol. The quantitative estimate of drug-likeness (QED) is 0.575. The summed E-state index contributed by atoms with van der Waals surface area (Å²) in [7, 11) is 0.